The van der Waals surface area contributed by atoms with Gasteiger partial charge < -0.3 is 0 Å². The maximum Gasteiger partial charge on any atom is 0.181 e. The Labute approximate surface area is 92.9 Å². The minimum Gasteiger partial charge on any atom is -0.292 e. The summed E-state index contributed by atoms with van der Waals surface area (Å²) in [6, 6.07) is 6.87. The molecule has 14 heavy (non-hydrogen) atoms. The first-order valence-corrected chi connectivity index (χ1v) is 4.86. The number of ketones is 1. The van der Waals surface area contributed by atoms with Crippen LogP contribution in [0.15, 0.2) is 23.1 Å². The van der Waals surface area contributed by atoms with Gasteiger partial charge in [0.25, 0.3) is 0 Å². The highest BCUT2D eigenvalue weighted by atomic mass is 35.5. The summed E-state index contributed by atoms with van der Waals surface area (Å²) in [4.78, 5) is 12.1. The average molecular weight is 226 g/mol. The molecule has 0 fully saturated rings. The molecule has 0 aliphatic heterocycles. The van der Waals surface area contributed by atoms with Crippen molar-refractivity contribution in [1.29, 1.82) is 5.26 Å². The number of carbonyl (C=O) groups is 1. The summed E-state index contributed by atoms with van der Waals surface area (Å²) in [6.45, 7) is 1.58. The minimum absolute atomic E-state index is 0.251. The van der Waals surface area contributed by atoms with Crippen LogP contribution in [0.5, 0.6) is 0 Å². The fraction of sp³-hybridized carbons (Fsp3) is 0.200. The van der Waals surface area contributed by atoms with Crippen LogP contribution in [0, 0.1) is 11.3 Å². The third-order valence-electron chi connectivity index (χ3n) is 1.78. The number of hydrogen-bond acceptors (Lipinski definition) is 3. The van der Waals surface area contributed by atoms with Crippen LogP contribution in [0.3, 0.4) is 0 Å². The van der Waals surface area contributed by atoms with E-state index < -0.39 is 5.38 Å². The van der Waals surface area contributed by atoms with E-state index in [1.807, 2.05) is 6.07 Å². The van der Waals surface area contributed by atoms with Gasteiger partial charge in [-0.2, -0.15) is 5.26 Å². The van der Waals surface area contributed by atoms with E-state index in [2.05, 4.69) is 12.6 Å². The topological polar surface area (TPSA) is 40.9 Å². The van der Waals surface area contributed by atoms with Gasteiger partial charge in [-0.25, -0.2) is 0 Å². The van der Waals surface area contributed by atoms with Crippen molar-refractivity contribution < 1.29 is 4.79 Å². The van der Waals surface area contributed by atoms with Crippen LogP contribution in [0.2, 0.25) is 0 Å². The van der Waals surface area contributed by atoms with E-state index >= 15 is 0 Å². The largest absolute Gasteiger partial charge is 0.292 e. The quantitative estimate of drug-likeness (QED) is 0.478. The van der Waals surface area contributed by atoms with E-state index in [4.69, 9.17) is 16.9 Å². The van der Waals surface area contributed by atoms with Crippen LogP contribution in [0.4, 0.5) is 0 Å². The molecule has 0 N–H and O–H groups in total. The molecule has 0 aromatic heterocycles. The number of Topliss-reactive ketones (excluding diaryl/α,β-unsaturated/α-hetero) is 1. The highest BCUT2D eigenvalue weighted by Crippen LogP contribution is 2.19. The van der Waals surface area contributed by atoms with Crippen LogP contribution in [0.25, 0.3) is 0 Å². The lowest BCUT2D eigenvalue weighted by Gasteiger charge is -2.05. The molecule has 1 aromatic carbocycles. The van der Waals surface area contributed by atoms with Crippen LogP contribution >= 0.6 is 24.2 Å². The van der Waals surface area contributed by atoms with Gasteiger partial charge in [-0.3, -0.25) is 4.79 Å². The predicted octanol–water partition coefficient (Wildman–Crippen LogP) is 2.66. The molecule has 0 spiro atoms. The van der Waals surface area contributed by atoms with Crippen molar-refractivity contribution in [1.82, 2.24) is 0 Å². The first-order chi connectivity index (χ1) is 6.57. The highest BCUT2D eigenvalue weighted by molar-refractivity contribution is 7.80. The van der Waals surface area contributed by atoms with Gasteiger partial charge in [0.1, 0.15) is 6.07 Å². The molecule has 0 aliphatic rings. The second kappa shape index (κ2) is 4.50. The summed E-state index contributed by atoms with van der Waals surface area (Å²) in [7, 11) is 0. The summed E-state index contributed by atoms with van der Waals surface area (Å²) in [5, 5.41) is 8.21. The lowest BCUT2D eigenvalue weighted by Crippen LogP contribution is -2.12. The van der Waals surface area contributed by atoms with E-state index in [9.17, 15) is 4.79 Å². The van der Waals surface area contributed by atoms with Gasteiger partial charge >= 0.3 is 0 Å². The summed E-state index contributed by atoms with van der Waals surface area (Å²) >= 11 is 9.75. The first-order valence-electron chi connectivity index (χ1n) is 3.98. The molecule has 0 amide bonds. The van der Waals surface area contributed by atoms with Crippen LogP contribution in [-0.4, -0.2) is 11.2 Å². The molecular formula is C10H8ClNOS. The number of rotatable bonds is 2. The van der Waals surface area contributed by atoms with Gasteiger partial charge in [-0.1, -0.05) is 6.07 Å². The predicted molar refractivity (Wildman–Crippen MR) is 58.1 cm³/mol. The fourth-order valence-corrected chi connectivity index (χ4v) is 1.45. The Balaban J connectivity index is 3.29. The summed E-state index contributed by atoms with van der Waals surface area (Å²) in [5.74, 6) is -0.251. The number of benzene rings is 1. The van der Waals surface area contributed by atoms with Crippen LogP contribution in [-0.2, 0) is 0 Å². The molecule has 0 aliphatic carbocycles. The Morgan fingerprint density at radius 2 is 2.29 bits per heavy atom. The number of alkyl halides is 1. The zero-order valence-electron chi connectivity index (χ0n) is 7.49. The maximum absolute atomic E-state index is 11.6. The van der Waals surface area contributed by atoms with Crippen LogP contribution < -0.4 is 0 Å². The summed E-state index contributed by atoms with van der Waals surface area (Å²) in [6.07, 6.45) is 0. The monoisotopic (exact) mass is 225 g/mol. The van der Waals surface area contributed by atoms with Gasteiger partial charge in [0, 0.05) is 10.5 Å². The summed E-state index contributed by atoms with van der Waals surface area (Å²) < 4.78 is 0. The standard InChI is InChI=1S/C10H8ClNOS/c1-6(11)10(13)7-3-2-4-9(14)8(7)5-12/h2-4,6,14H,1H3. The van der Waals surface area contributed by atoms with Crippen molar-refractivity contribution in [3.05, 3.63) is 29.3 Å². The average Bonchev–Trinajstić information content (AvgIpc) is 2.16. The maximum atomic E-state index is 11.6. The third-order valence-corrected chi connectivity index (χ3v) is 2.35. The molecule has 2 nitrogen and oxygen atoms in total. The van der Waals surface area contributed by atoms with E-state index in [0.717, 1.165) is 0 Å². The minimum atomic E-state index is -0.628. The van der Waals surface area contributed by atoms with Gasteiger partial charge in [0.15, 0.2) is 5.78 Å². The SMILES string of the molecule is CC(Cl)C(=O)c1cccc(S)c1C#N. The van der Waals surface area contributed by atoms with Gasteiger partial charge in [0.05, 0.1) is 10.9 Å². The Morgan fingerprint density at radius 1 is 1.64 bits per heavy atom. The lowest BCUT2D eigenvalue weighted by molar-refractivity contribution is 0.0991. The molecule has 1 rings (SSSR count). The molecule has 4 heteroatoms. The normalized spacial score (nSPS) is 11.9. The number of nitrogens with zero attached hydrogens (tertiary/aromatic N) is 1. The highest BCUT2D eigenvalue weighted by Gasteiger charge is 2.17. The molecule has 1 unspecified atom stereocenters. The van der Waals surface area contributed by atoms with Gasteiger partial charge in [-0.05, 0) is 19.1 Å². The van der Waals surface area contributed by atoms with E-state index in [1.54, 1.807) is 25.1 Å². The number of hydrogen-bond donors (Lipinski definition) is 1. The first kappa shape index (κ1) is 11.1. The number of halogens is 1. The number of thiol groups is 1. The van der Waals surface area contributed by atoms with Crippen molar-refractivity contribution >= 4 is 30.0 Å². The van der Waals surface area contributed by atoms with E-state index in [1.165, 1.54) is 0 Å². The molecule has 0 bridgehead atoms. The number of nitriles is 1. The Morgan fingerprint density at radius 3 is 2.79 bits per heavy atom. The Bertz CT molecular complexity index is 409. The smallest absolute Gasteiger partial charge is 0.181 e. The molecule has 0 saturated carbocycles. The molecular weight excluding hydrogens is 218 g/mol. The number of carbonyl (C=O) groups excluding carboxylic acids is 1. The second-order valence-electron chi connectivity index (χ2n) is 2.79. The van der Waals surface area contributed by atoms with E-state index in [0.29, 0.717) is 10.5 Å². The molecule has 0 heterocycles. The van der Waals surface area contributed by atoms with Crippen molar-refractivity contribution in [2.45, 2.75) is 17.2 Å². The van der Waals surface area contributed by atoms with Crippen LogP contribution in [0.1, 0.15) is 22.8 Å². The van der Waals surface area contributed by atoms with Crippen molar-refractivity contribution in [3.63, 3.8) is 0 Å². The zero-order valence-corrected chi connectivity index (χ0v) is 9.14. The third kappa shape index (κ3) is 2.09. The van der Waals surface area contributed by atoms with E-state index in [-0.39, 0.29) is 11.3 Å². The second-order valence-corrected chi connectivity index (χ2v) is 3.93. The molecule has 1 atom stereocenters. The molecule has 1 aromatic rings. The molecule has 0 saturated heterocycles. The Kier molecular flexibility index (Phi) is 3.56. The van der Waals surface area contributed by atoms with Crippen molar-refractivity contribution in [2.24, 2.45) is 0 Å². The molecule has 72 valence electrons. The van der Waals surface area contributed by atoms with Gasteiger partial charge in [-0.15, -0.1) is 24.2 Å². The fourth-order valence-electron chi connectivity index (χ4n) is 1.08. The van der Waals surface area contributed by atoms with Crippen molar-refractivity contribution in [2.75, 3.05) is 0 Å². The lowest BCUT2D eigenvalue weighted by atomic mass is 10.0. The summed E-state index contributed by atoms with van der Waals surface area (Å²) in [5.41, 5.74) is 0.621. The molecule has 0 radical (unpaired) electrons. The Hall–Kier alpha value is -0.980. The zero-order chi connectivity index (χ0) is 10.7. The van der Waals surface area contributed by atoms with Gasteiger partial charge in [0.2, 0.25) is 0 Å². The van der Waals surface area contributed by atoms with Crippen molar-refractivity contribution in [3.8, 4) is 6.07 Å².